The molecule has 1 saturated heterocycles. The van der Waals surface area contributed by atoms with Gasteiger partial charge in [0.1, 0.15) is 5.82 Å². The second kappa shape index (κ2) is 5.37. The van der Waals surface area contributed by atoms with Crippen molar-refractivity contribution in [2.75, 3.05) is 23.9 Å². The Balaban J connectivity index is 2.05. The molecule has 0 aromatic carbocycles. The third-order valence-corrected chi connectivity index (χ3v) is 4.21. The number of aromatic nitrogens is 1. The monoisotopic (exact) mass is 302 g/mol. The summed E-state index contributed by atoms with van der Waals surface area (Å²) < 4.78 is 1.08. The van der Waals surface area contributed by atoms with E-state index in [-0.39, 0.29) is 0 Å². The molecule has 1 fully saturated rings. The van der Waals surface area contributed by atoms with E-state index < -0.39 is 0 Å². The summed E-state index contributed by atoms with van der Waals surface area (Å²) in [5.41, 5.74) is 1.24. The number of rotatable bonds is 3. The van der Waals surface area contributed by atoms with E-state index in [1.165, 1.54) is 12.0 Å². The number of hydrogen-bond donors (Lipinski definition) is 0. The van der Waals surface area contributed by atoms with Gasteiger partial charge in [-0.25, -0.2) is 4.98 Å². The lowest BCUT2D eigenvalue weighted by Gasteiger charge is -2.18. The Morgan fingerprint density at radius 2 is 2.44 bits per heavy atom. The van der Waals surface area contributed by atoms with E-state index >= 15 is 0 Å². The Hall–Kier alpha value is -0.280. The van der Waals surface area contributed by atoms with Gasteiger partial charge in [0.05, 0.1) is 0 Å². The molecule has 2 heterocycles. The van der Waals surface area contributed by atoms with Gasteiger partial charge in [-0.3, -0.25) is 0 Å². The van der Waals surface area contributed by atoms with Crippen LogP contribution in [-0.2, 0) is 0 Å². The first-order chi connectivity index (χ1) is 7.70. The summed E-state index contributed by atoms with van der Waals surface area (Å²) in [5.74, 6) is 2.60. The fourth-order valence-corrected chi connectivity index (χ4v) is 2.65. The Kier molecular flexibility index (Phi) is 4.09. The molecule has 4 heteroatoms. The molecule has 0 saturated carbocycles. The molecule has 1 aromatic rings. The van der Waals surface area contributed by atoms with E-state index in [2.05, 4.69) is 38.8 Å². The number of hydrogen-bond acceptors (Lipinski definition) is 2. The Bertz CT molecular complexity index is 370. The van der Waals surface area contributed by atoms with Crippen LogP contribution in [0.2, 0.25) is 0 Å². The van der Waals surface area contributed by atoms with Crippen LogP contribution >= 0.6 is 27.5 Å². The number of nitrogens with zero attached hydrogens (tertiary/aromatic N) is 2. The highest BCUT2D eigenvalue weighted by molar-refractivity contribution is 9.10. The highest BCUT2D eigenvalue weighted by Crippen LogP contribution is 2.26. The second-order valence-electron chi connectivity index (χ2n) is 4.37. The molecule has 0 bridgehead atoms. The van der Waals surface area contributed by atoms with Gasteiger partial charge in [0.15, 0.2) is 0 Å². The van der Waals surface area contributed by atoms with Gasteiger partial charge in [0, 0.05) is 29.6 Å². The third kappa shape index (κ3) is 2.69. The van der Waals surface area contributed by atoms with Crippen molar-refractivity contribution < 1.29 is 0 Å². The summed E-state index contributed by atoms with van der Waals surface area (Å²) in [6.45, 7) is 4.30. The van der Waals surface area contributed by atoms with Crippen molar-refractivity contribution in [3.8, 4) is 0 Å². The molecule has 1 aromatic heterocycles. The average Bonchev–Trinajstić information content (AvgIpc) is 2.71. The second-order valence-corrected chi connectivity index (χ2v) is 5.60. The van der Waals surface area contributed by atoms with Crippen molar-refractivity contribution in [3.05, 3.63) is 22.3 Å². The smallest absolute Gasteiger partial charge is 0.128 e. The molecule has 0 radical (unpaired) electrons. The van der Waals surface area contributed by atoms with Gasteiger partial charge in [-0.2, -0.15) is 0 Å². The van der Waals surface area contributed by atoms with Gasteiger partial charge in [0.2, 0.25) is 0 Å². The molecule has 0 amide bonds. The maximum Gasteiger partial charge on any atom is 0.128 e. The van der Waals surface area contributed by atoms with E-state index in [1.54, 1.807) is 0 Å². The zero-order chi connectivity index (χ0) is 11.5. The topological polar surface area (TPSA) is 16.1 Å². The number of alkyl halides is 1. The molecule has 0 spiro atoms. The summed E-state index contributed by atoms with van der Waals surface area (Å²) in [6.07, 6.45) is 4.25. The molecule has 1 aliphatic heterocycles. The van der Waals surface area contributed by atoms with E-state index in [4.69, 9.17) is 11.6 Å². The molecule has 2 rings (SSSR count). The number of pyridine rings is 1. The van der Waals surface area contributed by atoms with Crippen molar-refractivity contribution >= 4 is 33.3 Å². The lowest BCUT2D eigenvalue weighted by Crippen LogP contribution is -2.20. The quantitative estimate of drug-likeness (QED) is 0.793. The minimum atomic E-state index is 0.739. The van der Waals surface area contributed by atoms with E-state index in [0.717, 1.165) is 41.6 Å². The molecule has 16 heavy (non-hydrogen) atoms. The zero-order valence-corrected chi connectivity index (χ0v) is 11.8. The minimum Gasteiger partial charge on any atom is -0.356 e. The normalized spacial score (nSPS) is 20.4. The predicted molar refractivity (Wildman–Crippen MR) is 72.3 cm³/mol. The highest BCUT2D eigenvalue weighted by atomic mass is 79.9. The van der Waals surface area contributed by atoms with Crippen LogP contribution in [0.1, 0.15) is 18.4 Å². The van der Waals surface area contributed by atoms with Gasteiger partial charge in [-0.05, 0) is 53.2 Å². The largest absolute Gasteiger partial charge is 0.356 e. The van der Waals surface area contributed by atoms with Crippen LogP contribution in [0.25, 0.3) is 0 Å². The summed E-state index contributed by atoms with van der Waals surface area (Å²) >= 11 is 9.26. The summed E-state index contributed by atoms with van der Waals surface area (Å²) in [6, 6.07) is 2.15. The lowest BCUT2D eigenvalue weighted by molar-refractivity contribution is 0.572. The van der Waals surface area contributed by atoms with Gasteiger partial charge >= 0.3 is 0 Å². The van der Waals surface area contributed by atoms with E-state index in [9.17, 15) is 0 Å². The lowest BCUT2D eigenvalue weighted by atomic mass is 10.1. The molecule has 0 aliphatic carbocycles. The number of halogens is 2. The Labute approximate surface area is 110 Å². The maximum absolute atomic E-state index is 5.78. The Morgan fingerprint density at radius 3 is 3.12 bits per heavy atom. The average molecular weight is 304 g/mol. The summed E-state index contributed by atoms with van der Waals surface area (Å²) in [4.78, 5) is 6.82. The van der Waals surface area contributed by atoms with E-state index in [0.29, 0.717) is 0 Å². The fraction of sp³-hybridized carbons (Fsp3) is 0.583. The first-order valence-electron chi connectivity index (χ1n) is 5.63. The third-order valence-electron chi connectivity index (χ3n) is 3.16. The van der Waals surface area contributed by atoms with E-state index in [1.807, 2.05) is 6.20 Å². The van der Waals surface area contributed by atoms with Crippen LogP contribution in [-0.4, -0.2) is 24.0 Å². The van der Waals surface area contributed by atoms with Crippen molar-refractivity contribution in [2.24, 2.45) is 5.92 Å². The minimum absolute atomic E-state index is 0.739. The van der Waals surface area contributed by atoms with Gasteiger partial charge in [0.25, 0.3) is 0 Å². The molecular formula is C12H16BrClN2. The molecule has 2 nitrogen and oxygen atoms in total. The zero-order valence-electron chi connectivity index (χ0n) is 9.42. The standard InChI is InChI=1S/C12H16BrClN2/c1-9-6-12(15-7-11(9)13)16-5-3-10(8-16)2-4-14/h6-7,10H,2-5,8H2,1H3. The molecular weight excluding hydrogens is 288 g/mol. The van der Waals surface area contributed by atoms with Crippen LogP contribution in [0.15, 0.2) is 16.7 Å². The summed E-state index contributed by atoms with van der Waals surface area (Å²) in [7, 11) is 0. The highest BCUT2D eigenvalue weighted by Gasteiger charge is 2.22. The van der Waals surface area contributed by atoms with Crippen LogP contribution in [0.3, 0.4) is 0 Å². The molecule has 1 atom stereocenters. The van der Waals surface area contributed by atoms with Gasteiger partial charge < -0.3 is 4.90 Å². The van der Waals surface area contributed by atoms with Crippen molar-refractivity contribution in [2.45, 2.75) is 19.8 Å². The number of aryl methyl sites for hydroxylation is 1. The van der Waals surface area contributed by atoms with Gasteiger partial charge in [-0.1, -0.05) is 0 Å². The first kappa shape index (κ1) is 12.2. The summed E-state index contributed by atoms with van der Waals surface area (Å²) in [5, 5.41) is 0. The molecule has 0 N–H and O–H groups in total. The predicted octanol–water partition coefficient (Wildman–Crippen LogP) is 3.61. The maximum atomic E-state index is 5.78. The number of anilines is 1. The van der Waals surface area contributed by atoms with Crippen molar-refractivity contribution in [1.82, 2.24) is 4.98 Å². The SMILES string of the molecule is Cc1cc(N2CCC(CCCl)C2)ncc1Br. The fourth-order valence-electron chi connectivity index (χ4n) is 2.13. The van der Waals surface area contributed by atoms with Crippen LogP contribution in [0.5, 0.6) is 0 Å². The first-order valence-corrected chi connectivity index (χ1v) is 6.96. The van der Waals surface area contributed by atoms with Crippen molar-refractivity contribution in [3.63, 3.8) is 0 Å². The van der Waals surface area contributed by atoms with Crippen LogP contribution in [0, 0.1) is 12.8 Å². The van der Waals surface area contributed by atoms with Crippen molar-refractivity contribution in [1.29, 1.82) is 0 Å². The molecule has 88 valence electrons. The van der Waals surface area contributed by atoms with Gasteiger partial charge in [-0.15, -0.1) is 11.6 Å². The molecule has 1 aliphatic rings. The van der Waals surface area contributed by atoms with Crippen LogP contribution < -0.4 is 4.90 Å². The molecule has 1 unspecified atom stereocenters. The Morgan fingerprint density at radius 1 is 1.62 bits per heavy atom. The van der Waals surface area contributed by atoms with Crippen LogP contribution in [0.4, 0.5) is 5.82 Å².